The summed E-state index contributed by atoms with van der Waals surface area (Å²) in [7, 11) is 1.78. The van der Waals surface area contributed by atoms with Crippen LogP contribution in [-0.4, -0.2) is 60.7 Å². The van der Waals surface area contributed by atoms with Crippen molar-refractivity contribution in [3.8, 4) is 0 Å². The van der Waals surface area contributed by atoms with E-state index in [2.05, 4.69) is 0 Å². The summed E-state index contributed by atoms with van der Waals surface area (Å²) in [4.78, 5) is 43.3. The number of carbonyl (C=O) groups is 3. The number of amides is 3. The molecule has 0 atom stereocenters. The Morgan fingerprint density at radius 1 is 1.04 bits per heavy atom. The number of benzene rings is 1. The average Bonchev–Trinajstić information content (AvgIpc) is 3.49. The monoisotopic (exact) mass is 369 g/mol. The van der Waals surface area contributed by atoms with Gasteiger partial charge in [0.2, 0.25) is 11.8 Å². The fourth-order valence-electron chi connectivity index (χ4n) is 4.22. The Labute approximate surface area is 160 Å². The second-order valence-corrected chi connectivity index (χ2v) is 8.47. The van der Waals surface area contributed by atoms with Crippen LogP contribution < -0.4 is 4.90 Å². The van der Waals surface area contributed by atoms with Gasteiger partial charge in [0, 0.05) is 50.4 Å². The maximum Gasteiger partial charge on any atom is 0.253 e. The SMILES string of the molecule is CN1C(=O)C(C)(C)c2cc(C(=O)N3CCCN(C(=O)C4CC4)CC3)ccc21. The third-order valence-electron chi connectivity index (χ3n) is 6.14. The first-order chi connectivity index (χ1) is 12.8. The molecule has 0 spiro atoms. The molecule has 4 rings (SSSR count). The highest BCUT2D eigenvalue weighted by atomic mass is 16.2. The van der Waals surface area contributed by atoms with Gasteiger partial charge >= 0.3 is 0 Å². The summed E-state index contributed by atoms with van der Waals surface area (Å²) in [5.41, 5.74) is 1.78. The van der Waals surface area contributed by atoms with Crippen molar-refractivity contribution in [3.63, 3.8) is 0 Å². The summed E-state index contributed by atoms with van der Waals surface area (Å²) < 4.78 is 0. The van der Waals surface area contributed by atoms with Crippen molar-refractivity contribution in [1.82, 2.24) is 9.80 Å². The lowest BCUT2D eigenvalue weighted by atomic mass is 9.85. The van der Waals surface area contributed by atoms with Gasteiger partial charge in [-0.1, -0.05) is 0 Å². The average molecular weight is 369 g/mol. The van der Waals surface area contributed by atoms with Crippen LogP contribution in [0.3, 0.4) is 0 Å². The summed E-state index contributed by atoms with van der Waals surface area (Å²) in [6, 6.07) is 5.55. The topological polar surface area (TPSA) is 60.9 Å². The molecule has 1 saturated heterocycles. The Kier molecular flexibility index (Phi) is 4.24. The normalized spacial score (nSPS) is 21.9. The smallest absolute Gasteiger partial charge is 0.253 e. The number of nitrogens with zero attached hydrogens (tertiary/aromatic N) is 3. The number of rotatable bonds is 2. The Hall–Kier alpha value is -2.37. The molecule has 0 bridgehead atoms. The van der Waals surface area contributed by atoms with Crippen molar-refractivity contribution in [2.24, 2.45) is 5.92 Å². The Bertz CT molecular complexity index is 813. The van der Waals surface area contributed by atoms with Crippen molar-refractivity contribution in [1.29, 1.82) is 0 Å². The molecule has 0 aromatic heterocycles. The molecule has 1 saturated carbocycles. The van der Waals surface area contributed by atoms with Crippen molar-refractivity contribution in [2.45, 2.75) is 38.5 Å². The number of hydrogen-bond donors (Lipinski definition) is 0. The molecule has 2 aliphatic heterocycles. The summed E-state index contributed by atoms with van der Waals surface area (Å²) in [6.07, 6.45) is 2.83. The van der Waals surface area contributed by atoms with E-state index in [1.807, 2.05) is 41.8 Å². The highest BCUT2D eigenvalue weighted by Gasteiger charge is 2.42. The van der Waals surface area contributed by atoms with Gasteiger partial charge in [-0.25, -0.2) is 0 Å². The number of likely N-dealkylation sites (N-methyl/N-ethyl adjacent to an activating group) is 1. The Balaban J connectivity index is 1.51. The molecule has 0 radical (unpaired) electrons. The lowest BCUT2D eigenvalue weighted by molar-refractivity contribution is -0.132. The van der Waals surface area contributed by atoms with E-state index < -0.39 is 5.41 Å². The van der Waals surface area contributed by atoms with E-state index in [-0.39, 0.29) is 23.6 Å². The van der Waals surface area contributed by atoms with E-state index in [9.17, 15) is 14.4 Å². The third-order valence-corrected chi connectivity index (χ3v) is 6.14. The van der Waals surface area contributed by atoms with Crippen molar-refractivity contribution in [2.75, 3.05) is 38.1 Å². The van der Waals surface area contributed by atoms with Crippen LogP contribution in [-0.2, 0) is 15.0 Å². The van der Waals surface area contributed by atoms with Gasteiger partial charge in [-0.3, -0.25) is 14.4 Å². The molecule has 6 nitrogen and oxygen atoms in total. The predicted octanol–water partition coefficient (Wildman–Crippen LogP) is 2.03. The fraction of sp³-hybridized carbons (Fsp3) is 0.571. The lowest BCUT2D eigenvalue weighted by Crippen LogP contribution is -2.38. The highest BCUT2D eigenvalue weighted by molar-refractivity contribution is 6.08. The summed E-state index contributed by atoms with van der Waals surface area (Å²) in [6.45, 7) is 6.37. The van der Waals surface area contributed by atoms with Crippen LogP contribution in [0.5, 0.6) is 0 Å². The Morgan fingerprint density at radius 3 is 2.41 bits per heavy atom. The maximum atomic E-state index is 13.1. The number of hydrogen-bond acceptors (Lipinski definition) is 3. The van der Waals surface area contributed by atoms with Gasteiger partial charge in [-0.05, 0) is 56.9 Å². The standard InChI is InChI=1S/C21H27N3O3/c1-21(2)16-13-15(7-8-17(16)22(3)20(21)27)19(26)24-10-4-9-23(11-12-24)18(25)14-5-6-14/h7-8,13-14H,4-6,9-12H2,1-3H3. The minimum Gasteiger partial charge on any atom is -0.341 e. The predicted molar refractivity (Wildman–Crippen MR) is 103 cm³/mol. The molecule has 1 aromatic rings. The van der Waals surface area contributed by atoms with Gasteiger partial charge in [0.05, 0.1) is 5.41 Å². The van der Waals surface area contributed by atoms with E-state index in [4.69, 9.17) is 0 Å². The highest BCUT2D eigenvalue weighted by Crippen LogP contribution is 2.41. The summed E-state index contributed by atoms with van der Waals surface area (Å²) in [5, 5.41) is 0. The van der Waals surface area contributed by atoms with E-state index in [1.165, 1.54) is 0 Å². The molecule has 1 aliphatic carbocycles. The number of carbonyl (C=O) groups excluding carboxylic acids is 3. The second kappa shape index (κ2) is 6.36. The molecule has 3 aliphatic rings. The first-order valence-corrected chi connectivity index (χ1v) is 9.81. The van der Waals surface area contributed by atoms with E-state index in [1.54, 1.807) is 11.9 Å². The van der Waals surface area contributed by atoms with Crippen LogP contribution in [0.2, 0.25) is 0 Å². The van der Waals surface area contributed by atoms with Crippen LogP contribution in [0.1, 0.15) is 49.0 Å². The van der Waals surface area contributed by atoms with Gasteiger partial charge in [-0.15, -0.1) is 0 Å². The maximum absolute atomic E-state index is 13.1. The molecule has 0 unspecified atom stereocenters. The zero-order valence-electron chi connectivity index (χ0n) is 16.3. The number of anilines is 1. The summed E-state index contributed by atoms with van der Waals surface area (Å²) >= 11 is 0. The molecule has 144 valence electrons. The molecule has 3 amide bonds. The summed E-state index contributed by atoms with van der Waals surface area (Å²) in [5.74, 6) is 0.508. The van der Waals surface area contributed by atoms with E-state index in [0.717, 1.165) is 37.1 Å². The Morgan fingerprint density at radius 2 is 1.70 bits per heavy atom. The zero-order valence-corrected chi connectivity index (χ0v) is 16.3. The van der Waals surface area contributed by atoms with Crippen LogP contribution in [0.25, 0.3) is 0 Å². The molecule has 6 heteroatoms. The second-order valence-electron chi connectivity index (χ2n) is 8.47. The van der Waals surface area contributed by atoms with Crippen molar-refractivity contribution in [3.05, 3.63) is 29.3 Å². The van der Waals surface area contributed by atoms with Crippen LogP contribution in [0.4, 0.5) is 5.69 Å². The van der Waals surface area contributed by atoms with Crippen LogP contribution in [0.15, 0.2) is 18.2 Å². The van der Waals surface area contributed by atoms with Crippen LogP contribution >= 0.6 is 0 Å². The van der Waals surface area contributed by atoms with Crippen LogP contribution in [0, 0.1) is 5.92 Å². The fourth-order valence-corrected chi connectivity index (χ4v) is 4.22. The van der Waals surface area contributed by atoms with Gasteiger partial charge in [-0.2, -0.15) is 0 Å². The van der Waals surface area contributed by atoms with E-state index in [0.29, 0.717) is 25.2 Å². The van der Waals surface area contributed by atoms with Gasteiger partial charge in [0.25, 0.3) is 5.91 Å². The molecule has 0 N–H and O–H groups in total. The zero-order chi connectivity index (χ0) is 19.3. The first kappa shape index (κ1) is 18.0. The van der Waals surface area contributed by atoms with Crippen molar-refractivity contribution < 1.29 is 14.4 Å². The molecule has 2 fully saturated rings. The number of fused-ring (bicyclic) bond motifs is 1. The van der Waals surface area contributed by atoms with Gasteiger partial charge in [0.15, 0.2) is 0 Å². The minimum atomic E-state index is -0.618. The minimum absolute atomic E-state index is 0.0173. The third kappa shape index (κ3) is 3.01. The van der Waals surface area contributed by atoms with Gasteiger partial charge < -0.3 is 14.7 Å². The molecule has 1 aromatic carbocycles. The molecular formula is C21H27N3O3. The lowest BCUT2D eigenvalue weighted by Gasteiger charge is -2.23. The largest absolute Gasteiger partial charge is 0.341 e. The molecular weight excluding hydrogens is 342 g/mol. The molecule has 27 heavy (non-hydrogen) atoms. The quantitative estimate of drug-likeness (QED) is 0.801. The van der Waals surface area contributed by atoms with Crippen molar-refractivity contribution >= 4 is 23.4 Å². The first-order valence-electron chi connectivity index (χ1n) is 9.81. The molecule has 2 heterocycles. The van der Waals surface area contributed by atoms with Gasteiger partial charge in [0.1, 0.15) is 0 Å². The van der Waals surface area contributed by atoms with E-state index >= 15 is 0 Å².